The number of nitrogens with zero attached hydrogens (tertiary/aromatic N) is 3. The molecule has 0 aliphatic heterocycles. The van der Waals surface area contributed by atoms with Gasteiger partial charge < -0.3 is 4.74 Å². The number of halogens is 2. The molecule has 7 heteroatoms. The first-order chi connectivity index (χ1) is 14.2. The van der Waals surface area contributed by atoms with Crippen LogP contribution in [0.15, 0.2) is 78.0 Å². The van der Waals surface area contributed by atoms with E-state index in [-0.39, 0.29) is 11.3 Å². The predicted octanol–water partition coefficient (Wildman–Crippen LogP) is 5.51. The molecule has 1 heterocycles. The van der Waals surface area contributed by atoms with Crippen LogP contribution in [0.2, 0.25) is 0 Å². The summed E-state index contributed by atoms with van der Waals surface area (Å²) in [5.74, 6) is 0.722. The average Bonchev–Trinajstić information content (AvgIpc) is 3.19. The zero-order valence-corrected chi connectivity index (χ0v) is 16.4. The average molecular weight is 409 g/mol. The minimum Gasteiger partial charge on any atom is -0.497 e. The Hall–Kier alpha value is -3.19. The summed E-state index contributed by atoms with van der Waals surface area (Å²) in [5.41, 5.74) is 2.03. The van der Waals surface area contributed by atoms with Crippen LogP contribution in [0, 0.1) is 11.6 Å². The van der Waals surface area contributed by atoms with Gasteiger partial charge >= 0.3 is 0 Å². The molecule has 0 saturated carbocycles. The van der Waals surface area contributed by atoms with E-state index < -0.39 is 11.6 Å². The molecule has 146 valence electrons. The van der Waals surface area contributed by atoms with Gasteiger partial charge in [0.1, 0.15) is 17.4 Å². The van der Waals surface area contributed by atoms with Gasteiger partial charge in [0.05, 0.1) is 7.11 Å². The van der Waals surface area contributed by atoms with Gasteiger partial charge in [0, 0.05) is 22.6 Å². The lowest BCUT2D eigenvalue weighted by Crippen LogP contribution is -2.00. The van der Waals surface area contributed by atoms with Gasteiger partial charge in [0.2, 0.25) is 0 Å². The van der Waals surface area contributed by atoms with Crippen molar-refractivity contribution in [3.05, 3.63) is 90.0 Å². The molecule has 0 unspecified atom stereocenters. The summed E-state index contributed by atoms with van der Waals surface area (Å²) in [6, 6.07) is 20.6. The number of para-hydroxylation sites is 1. The molecular weight excluding hydrogens is 392 g/mol. The molecule has 0 spiro atoms. The van der Waals surface area contributed by atoms with Crippen LogP contribution >= 0.6 is 11.8 Å². The number of ether oxygens (including phenoxy) is 1. The highest BCUT2D eigenvalue weighted by Crippen LogP contribution is 2.31. The summed E-state index contributed by atoms with van der Waals surface area (Å²) in [6.07, 6.45) is 0. The molecule has 0 fully saturated rings. The van der Waals surface area contributed by atoms with Gasteiger partial charge in [-0.25, -0.2) is 8.78 Å². The molecule has 0 atom stereocenters. The van der Waals surface area contributed by atoms with Crippen LogP contribution in [0.3, 0.4) is 0 Å². The number of benzene rings is 3. The largest absolute Gasteiger partial charge is 0.497 e. The molecule has 0 bridgehead atoms. The highest BCUT2D eigenvalue weighted by atomic mass is 32.2. The van der Waals surface area contributed by atoms with E-state index >= 15 is 0 Å². The SMILES string of the molecule is COc1ccc(-c2nnc(SCc3cc(F)ccc3F)n2-c2ccccc2)cc1. The Balaban J connectivity index is 1.72. The third-order valence-electron chi connectivity index (χ3n) is 4.36. The predicted molar refractivity (Wildman–Crippen MR) is 109 cm³/mol. The van der Waals surface area contributed by atoms with E-state index in [0.717, 1.165) is 29.1 Å². The van der Waals surface area contributed by atoms with Gasteiger partial charge in [-0.05, 0) is 54.6 Å². The smallest absolute Gasteiger partial charge is 0.196 e. The van der Waals surface area contributed by atoms with Crippen LogP contribution in [0.4, 0.5) is 8.78 Å². The molecule has 1 aromatic heterocycles. The molecule has 4 rings (SSSR count). The van der Waals surface area contributed by atoms with E-state index in [4.69, 9.17) is 4.74 Å². The Kier molecular flexibility index (Phi) is 5.57. The monoisotopic (exact) mass is 409 g/mol. The van der Waals surface area contributed by atoms with Gasteiger partial charge in [-0.2, -0.15) is 0 Å². The maximum absolute atomic E-state index is 14.0. The molecule has 0 N–H and O–H groups in total. The van der Waals surface area contributed by atoms with Crippen LogP contribution in [0.1, 0.15) is 5.56 Å². The van der Waals surface area contributed by atoms with Crippen LogP contribution < -0.4 is 4.74 Å². The molecule has 0 saturated heterocycles. The quantitative estimate of drug-likeness (QED) is 0.394. The Labute approximate surface area is 171 Å². The first-order valence-corrected chi connectivity index (χ1v) is 9.86. The number of hydrogen-bond donors (Lipinski definition) is 0. The minimum absolute atomic E-state index is 0.233. The van der Waals surface area contributed by atoms with Crippen molar-refractivity contribution in [2.24, 2.45) is 0 Å². The van der Waals surface area contributed by atoms with Gasteiger partial charge in [0.15, 0.2) is 11.0 Å². The van der Waals surface area contributed by atoms with Crippen LogP contribution in [0.5, 0.6) is 5.75 Å². The Morgan fingerprint density at radius 2 is 1.69 bits per heavy atom. The molecule has 0 amide bonds. The molecular formula is C22H17F2N3OS. The fourth-order valence-corrected chi connectivity index (χ4v) is 3.82. The third-order valence-corrected chi connectivity index (χ3v) is 5.34. The first-order valence-electron chi connectivity index (χ1n) is 8.87. The summed E-state index contributed by atoms with van der Waals surface area (Å²) in [6.45, 7) is 0. The lowest BCUT2D eigenvalue weighted by atomic mass is 10.2. The normalized spacial score (nSPS) is 10.9. The minimum atomic E-state index is -0.467. The summed E-state index contributed by atoms with van der Waals surface area (Å²) < 4.78 is 34.6. The van der Waals surface area contributed by atoms with E-state index in [0.29, 0.717) is 11.0 Å². The summed E-state index contributed by atoms with van der Waals surface area (Å²) in [5, 5.41) is 9.25. The van der Waals surface area contributed by atoms with Gasteiger partial charge in [-0.15, -0.1) is 10.2 Å². The standard InChI is InChI=1S/C22H17F2N3OS/c1-28-19-10-7-15(8-11-19)21-25-26-22(27(21)18-5-3-2-4-6-18)29-14-16-13-17(23)9-12-20(16)24/h2-13H,14H2,1H3. The number of hydrogen-bond acceptors (Lipinski definition) is 4. The van der Waals surface area contributed by atoms with E-state index in [2.05, 4.69) is 10.2 Å². The van der Waals surface area contributed by atoms with Gasteiger partial charge in [0.25, 0.3) is 0 Å². The fourth-order valence-electron chi connectivity index (χ4n) is 2.90. The molecule has 0 aliphatic rings. The molecule has 4 nitrogen and oxygen atoms in total. The highest BCUT2D eigenvalue weighted by Gasteiger charge is 2.17. The van der Waals surface area contributed by atoms with Crippen molar-refractivity contribution in [3.8, 4) is 22.8 Å². The Morgan fingerprint density at radius 3 is 2.41 bits per heavy atom. The maximum Gasteiger partial charge on any atom is 0.196 e. The van der Waals surface area contributed by atoms with Gasteiger partial charge in [-0.3, -0.25) is 4.57 Å². The van der Waals surface area contributed by atoms with Crippen molar-refractivity contribution >= 4 is 11.8 Å². The van der Waals surface area contributed by atoms with Crippen LogP contribution in [-0.2, 0) is 5.75 Å². The van der Waals surface area contributed by atoms with E-state index in [1.165, 1.54) is 17.8 Å². The van der Waals surface area contributed by atoms with Gasteiger partial charge in [-0.1, -0.05) is 30.0 Å². The maximum atomic E-state index is 14.0. The topological polar surface area (TPSA) is 39.9 Å². The van der Waals surface area contributed by atoms with E-state index in [9.17, 15) is 8.78 Å². The lowest BCUT2D eigenvalue weighted by Gasteiger charge is -2.11. The Bertz CT molecular complexity index is 1110. The van der Waals surface area contributed by atoms with Crippen molar-refractivity contribution in [1.82, 2.24) is 14.8 Å². The van der Waals surface area contributed by atoms with E-state index in [1.54, 1.807) is 7.11 Å². The van der Waals surface area contributed by atoms with Crippen molar-refractivity contribution in [2.75, 3.05) is 7.11 Å². The second kappa shape index (κ2) is 8.45. The summed E-state index contributed by atoms with van der Waals surface area (Å²) >= 11 is 1.30. The Morgan fingerprint density at radius 1 is 0.931 bits per heavy atom. The van der Waals surface area contributed by atoms with Crippen molar-refractivity contribution in [1.29, 1.82) is 0 Å². The third kappa shape index (κ3) is 4.14. The summed E-state index contributed by atoms with van der Waals surface area (Å²) in [4.78, 5) is 0. The molecule has 4 aromatic rings. The van der Waals surface area contributed by atoms with E-state index in [1.807, 2.05) is 59.2 Å². The van der Waals surface area contributed by atoms with Crippen molar-refractivity contribution in [2.45, 2.75) is 10.9 Å². The molecule has 0 aliphatic carbocycles. The number of thioether (sulfide) groups is 1. The zero-order valence-electron chi connectivity index (χ0n) is 15.5. The molecule has 0 radical (unpaired) electrons. The first kappa shape index (κ1) is 19.1. The second-order valence-electron chi connectivity index (χ2n) is 6.23. The summed E-state index contributed by atoms with van der Waals surface area (Å²) in [7, 11) is 1.61. The van der Waals surface area contributed by atoms with Crippen molar-refractivity contribution in [3.63, 3.8) is 0 Å². The fraction of sp³-hybridized carbons (Fsp3) is 0.0909. The van der Waals surface area contributed by atoms with Crippen molar-refractivity contribution < 1.29 is 13.5 Å². The number of rotatable bonds is 6. The van der Waals surface area contributed by atoms with Crippen LogP contribution in [-0.4, -0.2) is 21.9 Å². The molecule has 29 heavy (non-hydrogen) atoms. The number of methoxy groups -OCH3 is 1. The second-order valence-corrected chi connectivity index (χ2v) is 7.17. The lowest BCUT2D eigenvalue weighted by molar-refractivity contribution is 0.415. The number of aromatic nitrogens is 3. The molecule has 3 aromatic carbocycles. The highest BCUT2D eigenvalue weighted by molar-refractivity contribution is 7.98. The van der Waals surface area contributed by atoms with Crippen LogP contribution in [0.25, 0.3) is 17.1 Å². The zero-order chi connectivity index (χ0) is 20.2.